The second-order valence-corrected chi connectivity index (χ2v) is 6.36. The number of likely N-dealkylation sites (tertiary alicyclic amines) is 1. The topological polar surface area (TPSA) is 58.6 Å². The molecule has 0 spiro atoms. The zero-order valence-corrected chi connectivity index (χ0v) is 14.4. The Morgan fingerprint density at radius 3 is 3.00 bits per heavy atom. The Hall–Kier alpha value is -2.54. The summed E-state index contributed by atoms with van der Waals surface area (Å²) in [6, 6.07) is 5.13. The van der Waals surface area contributed by atoms with Gasteiger partial charge in [-0.2, -0.15) is 0 Å². The van der Waals surface area contributed by atoms with Gasteiger partial charge in [0.05, 0.1) is 24.0 Å². The van der Waals surface area contributed by atoms with Crippen molar-refractivity contribution < 1.29 is 13.9 Å². The van der Waals surface area contributed by atoms with Crippen molar-refractivity contribution in [2.45, 2.75) is 19.1 Å². The molecule has 3 rings (SSSR count). The maximum Gasteiger partial charge on any atom is 0.257 e. The van der Waals surface area contributed by atoms with Crippen molar-refractivity contribution in [2.24, 2.45) is 0 Å². The van der Waals surface area contributed by atoms with Crippen LogP contribution in [0.3, 0.4) is 0 Å². The van der Waals surface area contributed by atoms with E-state index in [0.717, 1.165) is 24.2 Å². The van der Waals surface area contributed by atoms with E-state index in [9.17, 15) is 9.18 Å². The van der Waals surface area contributed by atoms with E-state index in [4.69, 9.17) is 4.74 Å². The smallest absolute Gasteiger partial charge is 0.257 e. The number of carbonyl (C=O) groups excluding carboxylic acids is 1. The molecular weight excluding hydrogens is 323 g/mol. The predicted octanol–water partition coefficient (Wildman–Crippen LogP) is 1.97. The van der Waals surface area contributed by atoms with Gasteiger partial charge in [0, 0.05) is 38.0 Å². The first kappa shape index (κ1) is 17.3. The van der Waals surface area contributed by atoms with Gasteiger partial charge < -0.3 is 14.5 Å². The van der Waals surface area contributed by atoms with Gasteiger partial charge in [-0.1, -0.05) is 0 Å². The average molecular weight is 344 g/mol. The highest BCUT2D eigenvalue weighted by Gasteiger charge is 2.29. The lowest BCUT2D eigenvalue weighted by Crippen LogP contribution is -2.31. The van der Waals surface area contributed by atoms with Crippen molar-refractivity contribution in [1.29, 1.82) is 0 Å². The summed E-state index contributed by atoms with van der Waals surface area (Å²) in [6.45, 7) is 1.71. The van der Waals surface area contributed by atoms with E-state index in [0.29, 0.717) is 19.5 Å². The first-order valence-corrected chi connectivity index (χ1v) is 8.18. The molecule has 7 heteroatoms. The van der Waals surface area contributed by atoms with Gasteiger partial charge in [-0.25, -0.2) is 4.39 Å². The molecule has 0 aliphatic carbocycles. The summed E-state index contributed by atoms with van der Waals surface area (Å²) in [6.07, 6.45) is 4.80. The van der Waals surface area contributed by atoms with Crippen LogP contribution in [0.15, 0.2) is 36.8 Å². The summed E-state index contributed by atoms with van der Waals surface area (Å²) < 4.78 is 19.7. The van der Waals surface area contributed by atoms with Crippen LogP contribution in [0.25, 0.3) is 0 Å². The quantitative estimate of drug-likeness (QED) is 0.830. The number of aromatic nitrogens is 2. The number of hydrogen-bond acceptors (Lipinski definition) is 5. The van der Waals surface area contributed by atoms with Gasteiger partial charge in [-0.3, -0.25) is 14.8 Å². The Labute approximate surface area is 146 Å². The Morgan fingerprint density at radius 2 is 2.24 bits per heavy atom. The van der Waals surface area contributed by atoms with Crippen LogP contribution in [0.5, 0.6) is 5.75 Å². The van der Waals surface area contributed by atoms with E-state index in [1.165, 1.54) is 12.3 Å². The summed E-state index contributed by atoms with van der Waals surface area (Å²) in [5.41, 5.74) is 0.972. The van der Waals surface area contributed by atoms with Gasteiger partial charge in [0.15, 0.2) is 5.82 Å². The molecule has 1 aliphatic rings. The van der Waals surface area contributed by atoms with Crippen LogP contribution in [0.2, 0.25) is 0 Å². The molecule has 0 radical (unpaired) electrons. The number of pyridine rings is 2. The van der Waals surface area contributed by atoms with E-state index in [1.54, 1.807) is 11.1 Å². The SMILES string of the molecule is CN(C)Cc1cc(OC2CCN(C(=O)c3ccncc3F)C2)ccn1. The third-order valence-corrected chi connectivity index (χ3v) is 4.00. The lowest BCUT2D eigenvalue weighted by atomic mass is 10.2. The van der Waals surface area contributed by atoms with E-state index in [1.807, 2.05) is 31.1 Å². The Kier molecular flexibility index (Phi) is 5.23. The number of amides is 1. The van der Waals surface area contributed by atoms with Gasteiger partial charge in [0.25, 0.3) is 5.91 Å². The van der Waals surface area contributed by atoms with Gasteiger partial charge in [-0.15, -0.1) is 0 Å². The van der Waals surface area contributed by atoms with Crippen LogP contribution in [0.4, 0.5) is 4.39 Å². The standard InChI is InChI=1S/C18H21FN4O2/c1-22(2)11-13-9-14(3-7-21-13)25-15-5-8-23(12-15)18(24)16-4-6-20-10-17(16)19/h3-4,6-7,9-10,15H,5,8,11-12H2,1-2H3. The van der Waals surface area contributed by atoms with Crippen LogP contribution in [0.1, 0.15) is 22.5 Å². The first-order valence-electron chi connectivity index (χ1n) is 8.18. The molecule has 6 nitrogen and oxygen atoms in total. The van der Waals surface area contributed by atoms with E-state index < -0.39 is 5.82 Å². The Morgan fingerprint density at radius 1 is 1.40 bits per heavy atom. The van der Waals surface area contributed by atoms with Gasteiger partial charge >= 0.3 is 0 Å². The zero-order valence-electron chi connectivity index (χ0n) is 14.4. The van der Waals surface area contributed by atoms with Crippen molar-refractivity contribution in [3.05, 3.63) is 53.9 Å². The zero-order chi connectivity index (χ0) is 17.8. The van der Waals surface area contributed by atoms with Crippen molar-refractivity contribution in [3.63, 3.8) is 0 Å². The molecule has 2 aromatic rings. The van der Waals surface area contributed by atoms with Crippen LogP contribution < -0.4 is 4.74 Å². The predicted molar refractivity (Wildman–Crippen MR) is 90.8 cm³/mol. The highest BCUT2D eigenvalue weighted by atomic mass is 19.1. The highest BCUT2D eigenvalue weighted by Crippen LogP contribution is 2.21. The van der Waals surface area contributed by atoms with E-state index in [-0.39, 0.29) is 17.6 Å². The lowest BCUT2D eigenvalue weighted by molar-refractivity contribution is 0.0767. The summed E-state index contributed by atoms with van der Waals surface area (Å²) >= 11 is 0. The number of carbonyl (C=O) groups is 1. The van der Waals surface area contributed by atoms with Crippen molar-refractivity contribution in [2.75, 3.05) is 27.2 Å². The maximum absolute atomic E-state index is 13.7. The molecule has 0 N–H and O–H groups in total. The largest absolute Gasteiger partial charge is 0.488 e. The molecule has 0 saturated carbocycles. The molecule has 1 aliphatic heterocycles. The summed E-state index contributed by atoms with van der Waals surface area (Å²) in [4.78, 5) is 24.1. The minimum absolute atomic E-state index is 0.0489. The molecule has 1 amide bonds. The first-order chi connectivity index (χ1) is 12.0. The molecule has 1 fully saturated rings. The fourth-order valence-corrected chi connectivity index (χ4v) is 2.86. The molecule has 3 heterocycles. The molecule has 25 heavy (non-hydrogen) atoms. The number of hydrogen-bond donors (Lipinski definition) is 0. The maximum atomic E-state index is 13.7. The molecule has 1 saturated heterocycles. The Balaban J connectivity index is 1.62. The molecule has 0 aromatic carbocycles. The van der Waals surface area contributed by atoms with Gasteiger partial charge in [0.2, 0.25) is 0 Å². The second kappa shape index (κ2) is 7.57. The number of halogens is 1. The van der Waals surface area contributed by atoms with Crippen LogP contribution >= 0.6 is 0 Å². The number of nitrogens with zero attached hydrogens (tertiary/aromatic N) is 4. The summed E-state index contributed by atoms with van der Waals surface area (Å²) in [7, 11) is 3.96. The fourth-order valence-electron chi connectivity index (χ4n) is 2.86. The molecule has 132 valence electrons. The number of ether oxygens (including phenoxy) is 1. The van der Waals surface area contributed by atoms with Crippen molar-refractivity contribution in [1.82, 2.24) is 19.8 Å². The monoisotopic (exact) mass is 344 g/mol. The minimum Gasteiger partial charge on any atom is -0.488 e. The van der Waals surface area contributed by atoms with Crippen molar-refractivity contribution >= 4 is 5.91 Å². The minimum atomic E-state index is -0.598. The third kappa shape index (κ3) is 4.30. The molecular formula is C18H21FN4O2. The van der Waals surface area contributed by atoms with Crippen molar-refractivity contribution in [3.8, 4) is 5.75 Å². The summed E-state index contributed by atoms with van der Waals surface area (Å²) in [5.74, 6) is -0.186. The normalized spacial score (nSPS) is 17.1. The lowest BCUT2D eigenvalue weighted by Gasteiger charge is -2.18. The van der Waals surface area contributed by atoms with Crippen LogP contribution in [0, 0.1) is 5.82 Å². The second-order valence-electron chi connectivity index (χ2n) is 6.36. The highest BCUT2D eigenvalue weighted by molar-refractivity contribution is 5.94. The molecule has 1 atom stereocenters. The third-order valence-electron chi connectivity index (χ3n) is 4.00. The van der Waals surface area contributed by atoms with E-state index >= 15 is 0 Å². The Bertz CT molecular complexity index is 753. The van der Waals surface area contributed by atoms with E-state index in [2.05, 4.69) is 9.97 Å². The van der Waals surface area contributed by atoms with Crippen LogP contribution in [-0.2, 0) is 6.54 Å². The van der Waals surface area contributed by atoms with Gasteiger partial charge in [0.1, 0.15) is 11.9 Å². The fraction of sp³-hybridized carbons (Fsp3) is 0.389. The summed E-state index contributed by atoms with van der Waals surface area (Å²) in [5, 5.41) is 0. The van der Waals surface area contributed by atoms with Gasteiger partial charge in [-0.05, 0) is 26.2 Å². The number of rotatable bonds is 5. The molecule has 1 unspecified atom stereocenters. The average Bonchev–Trinajstić information content (AvgIpc) is 3.03. The van der Waals surface area contributed by atoms with Crippen LogP contribution in [-0.4, -0.2) is 59.0 Å². The molecule has 0 bridgehead atoms. The molecule has 2 aromatic heterocycles.